The van der Waals surface area contributed by atoms with Gasteiger partial charge < -0.3 is 14.6 Å². The monoisotopic (exact) mass is 280 g/mol. The van der Waals surface area contributed by atoms with E-state index in [2.05, 4.69) is 6.92 Å². The maximum atomic E-state index is 11.7. The summed E-state index contributed by atoms with van der Waals surface area (Å²) < 4.78 is 10.7. The third-order valence-electron chi connectivity index (χ3n) is 2.99. The lowest BCUT2D eigenvalue weighted by Gasteiger charge is -2.14. The van der Waals surface area contributed by atoms with E-state index in [-0.39, 0.29) is 12.6 Å². The molecule has 1 aromatic rings. The van der Waals surface area contributed by atoms with E-state index >= 15 is 0 Å². The quantitative estimate of drug-likeness (QED) is 0.558. The average Bonchev–Trinajstić information content (AvgIpc) is 2.47. The predicted molar refractivity (Wildman–Crippen MR) is 77.6 cm³/mol. The number of ether oxygens (including phenoxy) is 2. The number of carbonyl (C=O) groups is 1. The number of benzene rings is 1. The molecule has 1 atom stereocenters. The van der Waals surface area contributed by atoms with Crippen LogP contribution in [0.5, 0.6) is 5.75 Å². The number of carbonyl (C=O) groups excluding carboxylic acids is 1. The lowest BCUT2D eigenvalue weighted by Crippen LogP contribution is -2.26. The Kier molecular flexibility index (Phi) is 7.73. The SMILES string of the molecule is CCCCCCOC(=O)C(C)Oc1ccc(CO)cc1. The highest BCUT2D eigenvalue weighted by Gasteiger charge is 2.15. The van der Waals surface area contributed by atoms with Gasteiger partial charge in [-0.1, -0.05) is 38.3 Å². The van der Waals surface area contributed by atoms with Gasteiger partial charge in [-0.25, -0.2) is 4.79 Å². The van der Waals surface area contributed by atoms with Crippen LogP contribution in [-0.2, 0) is 16.1 Å². The number of hydrogen-bond donors (Lipinski definition) is 1. The van der Waals surface area contributed by atoms with Gasteiger partial charge in [0.2, 0.25) is 0 Å². The predicted octanol–water partition coefficient (Wildman–Crippen LogP) is 3.07. The lowest BCUT2D eigenvalue weighted by atomic mass is 10.2. The summed E-state index contributed by atoms with van der Waals surface area (Å²) in [7, 11) is 0. The van der Waals surface area contributed by atoms with Gasteiger partial charge in [0, 0.05) is 0 Å². The van der Waals surface area contributed by atoms with E-state index in [1.165, 1.54) is 6.42 Å². The van der Waals surface area contributed by atoms with Crippen LogP contribution in [-0.4, -0.2) is 23.8 Å². The fourth-order valence-electron chi connectivity index (χ4n) is 1.74. The summed E-state index contributed by atoms with van der Waals surface area (Å²) in [4.78, 5) is 11.7. The van der Waals surface area contributed by atoms with Gasteiger partial charge >= 0.3 is 5.97 Å². The molecule has 4 nitrogen and oxygen atoms in total. The van der Waals surface area contributed by atoms with Crippen LogP contribution in [0.25, 0.3) is 0 Å². The summed E-state index contributed by atoms with van der Waals surface area (Å²) in [6.45, 7) is 4.27. The topological polar surface area (TPSA) is 55.8 Å². The van der Waals surface area contributed by atoms with E-state index in [9.17, 15) is 4.79 Å². The summed E-state index contributed by atoms with van der Waals surface area (Å²) in [6.07, 6.45) is 3.69. The second-order valence-electron chi connectivity index (χ2n) is 4.79. The highest BCUT2D eigenvalue weighted by Crippen LogP contribution is 2.14. The molecule has 112 valence electrons. The van der Waals surface area contributed by atoms with Crippen molar-refractivity contribution in [3.05, 3.63) is 29.8 Å². The van der Waals surface area contributed by atoms with Crippen LogP contribution in [0.2, 0.25) is 0 Å². The van der Waals surface area contributed by atoms with E-state index in [4.69, 9.17) is 14.6 Å². The minimum Gasteiger partial charge on any atom is -0.479 e. The fraction of sp³-hybridized carbons (Fsp3) is 0.562. The summed E-state index contributed by atoms with van der Waals surface area (Å²) >= 11 is 0. The molecule has 4 heteroatoms. The van der Waals surface area contributed by atoms with E-state index in [0.717, 1.165) is 24.8 Å². The molecule has 0 aromatic heterocycles. The largest absolute Gasteiger partial charge is 0.479 e. The van der Waals surface area contributed by atoms with E-state index < -0.39 is 6.10 Å². The lowest BCUT2D eigenvalue weighted by molar-refractivity contribution is -0.151. The summed E-state index contributed by atoms with van der Waals surface area (Å²) in [6, 6.07) is 6.99. The molecule has 0 bridgehead atoms. The van der Waals surface area contributed by atoms with Crippen molar-refractivity contribution in [1.82, 2.24) is 0 Å². The Hall–Kier alpha value is -1.55. The standard InChI is InChI=1S/C16H24O4/c1-3-4-5-6-11-19-16(18)13(2)20-15-9-7-14(12-17)8-10-15/h7-10,13,17H,3-6,11-12H2,1-2H3. The second kappa shape index (κ2) is 9.37. The van der Waals surface area contributed by atoms with E-state index in [1.807, 2.05) is 0 Å². The van der Waals surface area contributed by atoms with Gasteiger partial charge in [-0.2, -0.15) is 0 Å². The Balaban J connectivity index is 2.29. The number of hydrogen-bond acceptors (Lipinski definition) is 4. The average molecular weight is 280 g/mol. The Bertz CT molecular complexity index is 386. The summed E-state index contributed by atoms with van der Waals surface area (Å²) in [5, 5.41) is 8.94. The van der Waals surface area contributed by atoms with Gasteiger partial charge in [0.1, 0.15) is 5.75 Å². The normalized spacial score (nSPS) is 11.9. The van der Waals surface area contributed by atoms with Gasteiger partial charge in [-0.15, -0.1) is 0 Å². The molecule has 1 unspecified atom stereocenters. The highest BCUT2D eigenvalue weighted by atomic mass is 16.6. The molecule has 0 heterocycles. The highest BCUT2D eigenvalue weighted by molar-refractivity contribution is 5.74. The molecule has 0 saturated heterocycles. The number of unbranched alkanes of at least 4 members (excludes halogenated alkanes) is 3. The first-order valence-corrected chi connectivity index (χ1v) is 7.20. The van der Waals surface area contributed by atoms with Gasteiger partial charge in [0.25, 0.3) is 0 Å². The van der Waals surface area contributed by atoms with Gasteiger partial charge in [-0.05, 0) is 31.0 Å². The van der Waals surface area contributed by atoms with E-state index in [1.54, 1.807) is 31.2 Å². The van der Waals surface area contributed by atoms with Crippen molar-refractivity contribution in [1.29, 1.82) is 0 Å². The van der Waals surface area contributed by atoms with Crippen LogP contribution < -0.4 is 4.74 Å². The van der Waals surface area contributed by atoms with Crippen LogP contribution in [0.3, 0.4) is 0 Å². The zero-order valence-corrected chi connectivity index (χ0v) is 12.3. The molecule has 0 amide bonds. The molecule has 1 rings (SSSR count). The minimum atomic E-state index is -0.624. The fourth-order valence-corrected chi connectivity index (χ4v) is 1.74. The van der Waals surface area contributed by atoms with Crippen molar-refractivity contribution in [3.8, 4) is 5.75 Å². The molecule has 20 heavy (non-hydrogen) atoms. The van der Waals surface area contributed by atoms with Crippen molar-refractivity contribution < 1.29 is 19.4 Å². The number of esters is 1. The second-order valence-corrected chi connectivity index (χ2v) is 4.79. The zero-order valence-electron chi connectivity index (χ0n) is 12.3. The van der Waals surface area contributed by atoms with Crippen LogP contribution in [0.15, 0.2) is 24.3 Å². The Morgan fingerprint density at radius 1 is 1.20 bits per heavy atom. The molecule has 1 N–H and O–H groups in total. The molecule has 0 fully saturated rings. The van der Waals surface area contributed by atoms with Crippen molar-refractivity contribution in [3.63, 3.8) is 0 Å². The van der Waals surface area contributed by atoms with Crippen LogP contribution >= 0.6 is 0 Å². The van der Waals surface area contributed by atoms with Crippen molar-refractivity contribution in [2.75, 3.05) is 6.61 Å². The Labute approximate surface area is 120 Å². The molecule has 0 spiro atoms. The summed E-state index contributed by atoms with van der Waals surface area (Å²) in [5.41, 5.74) is 0.809. The third-order valence-corrected chi connectivity index (χ3v) is 2.99. The molecular weight excluding hydrogens is 256 g/mol. The van der Waals surface area contributed by atoms with Crippen molar-refractivity contribution in [2.45, 2.75) is 52.2 Å². The molecule has 1 aromatic carbocycles. The first-order valence-electron chi connectivity index (χ1n) is 7.20. The Morgan fingerprint density at radius 2 is 1.90 bits per heavy atom. The van der Waals surface area contributed by atoms with Gasteiger partial charge in [-0.3, -0.25) is 0 Å². The zero-order chi connectivity index (χ0) is 14.8. The Morgan fingerprint density at radius 3 is 2.50 bits per heavy atom. The van der Waals surface area contributed by atoms with Gasteiger partial charge in [0.15, 0.2) is 6.10 Å². The van der Waals surface area contributed by atoms with Gasteiger partial charge in [0.05, 0.1) is 13.2 Å². The maximum absolute atomic E-state index is 11.7. The van der Waals surface area contributed by atoms with Crippen LogP contribution in [0, 0.1) is 0 Å². The molecular formula is C16H24O4. The van der Waals surface area contributed by atoms with Crippen LogP contribution in [0.4, 0.5) is 0 Å². The molecule has 0 aliphatic carbocycles. The molecule has 0 radical (unpaired) electrons. The first kappa shape index (κ1) is 16.5. The number of rotatable bonds is 9. The summed E-state index contributed by atoms with van der Waals surface area (Å²) in [5.74, 6) is 0.255. The minimum absolute atomic E-state index is 0.00433. The molecule has 0 saturated carbocycles. The number of aliphatic hydroxyl groups excluding tert-OH is 1. The van der Waals surface area contributed by atoms with Crippen molar-refractivity contribution >= 4 is 5.97 Å². The molecule has 0 aliphatic heterocycles. The third kappa shape index (κ3) is 6.06. The van der Waals surface area contributed by atoms with E-state index in [0.29, 0.717) is 12.4 Å². The van der Waals surface area contributed by atoms with Crippen molar-refractivity contribution in [2.24, 2.45) is 0 Å². The van der Waals surface area contributed by atoms with Crippen LogP contribution in [0.1, 0.15) is 45.1 Å². The number of aliphatic hydroxyl groups is 1. The molecule has 0 aliphatic rings. The smallest absolute Gasteiger partial charge is 0.347 e. The first-order chi connectivity index (χ1) is 9.67. The maximum Gasteiger partial charge on any atom is 0.347 e.